The summed E-state index contributed by atoms with van der Waals surface area (Å²) in [5.41, 5.74) is -0.761. The third-order valence-corrected chi connectivity index (χ3v) is 6.45. The number of amides is 3. The van der Waals surface area contributed by atoms with Gasteiger partial charge in [-0.25, -0.2) is 9.59 Å². The lowest BCUT2D eigenvalue weighted by Gasteiger charge is -2.27. The second-order valence-corrected chi connectivity index (χ2v) is 11.9. The number of ether oxygens (including phenoxy) is 8. The van der Waals surface area contributed by atoms with E-state index < -0.39 is 90.1 Å². The molecule has 3 amide bonds. The second-order valence-electron chi connectivity index (χ2n) is 11.9. The minimum Gasteiger partial charge on any atom is -0.467 e. The van der Waals surface area contributed by atoms with E-state index in [4.69, 9.17) is 37.9 Å². The Morgan fingerprint density at radius 3 is 1.85 bits per heavy atom. The van der Waals surface area contributed by atoms with Gasteiger partial charge in [0.25, 0.3) is 5.91 Å². The van der Waals surface area contributed by atoms with Crippen molar-refractivity contribution in [2.75, 3.05) is 13.7 Å². The number of methoxy groups -OCH3 is 1. The Morgan fingerprint density at radius 1 is 0.800 bits per heavy atom. The maximum absolute atomic E-state index is 13.1. The highest BCUT2D eigenvalue weighted by Gasteiger charge is 2.59. The lowest BCUT2D eigenvalue weighted by molar-refractivity contribution is -0.213. The summed E-state index contributed by atoms with van der Waals surface area (Å²) in [6, 6.07) is -1.77. The maximum atomic E-state index is 13.1. The van der Waals surface area contributed by atoms with E-state index in [-0.39, 0.29) is 13.0 Å². The predicted molar refractivity (Wildman–Crippen MR) is 132 cm³/mol. The van der Waals surface area contributed by atoms with Crippen LogP contribution in [0.5, 0.6) is 0 Å². The van der Waals surface area contributed by atoms with Gasteiger partial charge in [0.15, 0.2) is 36.4 Å². The average Bonchev–Trinajstić information content (AvgIpc) is 3.48. The maximum Gasteiger partial charge on any atom is 0.408 e. The summed E-state index contributed by atoms with van der Waals surface area (Å²) in [6.07, 6.45) is -6.40. The molecule has 0 saturated carbocycles. The molecule has 8 atom stereocenters. The van der Waals surface area contributed by atoms with Gasteiger partial charge in [0, 0.05) is 13.0 Å². The normalized spacial score (nSPS) is 35.4. The van der Waals surface area contributed by atoms with Gasteiger partial charge >= 0.3 is 12.1 Å². The van der Waals surface area contributed by atoms with Crippen LogP contribution in [0.25, 0.3) is 0 Å². The van der Waals surface area contributed by atoms with E-state index in [1.54, 1.807) is 48.5 Å². The van der Waals surface area contributed by atoms with Gasteiger partial charge in [-0.3, -0.25) is 9.59 Å². The molecule has 0 aromatic heterocycles. The van der Waals surface area contributed by atoms with Crippen molar-refractivity contribution in [3.63, 3.8) is 0 Å². The van der Waals surface area contributed by atoms with E-state index in [9.17, 15) is 19.2 Å². The summed E-state index contributed by atoms with van der Waals surface area (Å²) in [5, 5.41) is 8.03. The highest BCUT2D eigenvalue weighted by atomic mass is 16.8. The highest BCUT2D eigenvalue weighted by Crippen LogP contribution is 2.39. The van der Waals surface area contributed by atoms with Crippen LogP contribution in [0.1, 0.15) is 54.9 Å². The van der Waals surface area contributed by atoms with Crippen molar-refractivity contribution in [3.8, 4) is 0 Å². The molecule has 4 aliphatic heterocycles. The molecule has 0 aromatic rings. The Balaban J connectivity index is 1.33. The van der Waals surface area contributed by atoms with Gasteiger partial charge in [-0.2, -0.15) is 0 Å². The highest BCUT2D eigenvalue weighted by molar-refractivity contribution is 5.84. The van der Waals surface area contributed by atoms with Crippen LogP contribution in [0, 0.1) is 0 Å². The topological polar surface area (TPSA) is 178 Å². The zero-order valence-electron chi connectivity index (χ0n) is 23.9. The fourth-order valence-corrected chi connectivity index (χ4v) is 4.97. The van der Waals surface area contributed by atoms with E-state index in [0.29, 0.717) is 0 Å². The van der Waals surface area contributed by atoms with Crippen LogP contribution in [0.4, 0.5) is 4.79 Å². The van der Waals surface area contributed by atoms with Gasteiger partial charge < -0.3 is 53.8 Å². The number of fused-ring (bicyclic) bond motifs is 2. The number of carbonyl (C=O) groups excluding carboxylic acids is 4. The van der Waals surface area contributed by atoms with Crippen molar-refractivity contribution in [2.45, 2.75) is 121 Å². The average molecular weight is 574 g/mol. The third kappa shape index (κ3) is 6.83. The van der Waals surface area contributed by atoms with Crippen LogP contribution < -0.4 is 16.0 Å². The Kier molecular flexibility index (Phi) is 8.38. The van der Waals surface area contributed by atoms with Crippen LogP contribution >= 0.6 is 0 Å². The summed E-state index contributed by atoms with van der Waals surface area (Å²) < 4.78 is 44.6. The van der Waals surface area contributed by atoms with Gasteiger partial charge in [-0.1, -0.05) is 0 Å². The number of carbonyl (C=O) groups is 4. The summed E-state index contributed by atoms with van der Waals surface area (Å²) in [4.78, 5) is 50.5. The van der Waals surface area contributed by atoms with Gasteiger partial charge in [0.2, 0.25) is 5.91 Å². The Bertz CT molecular complexity index is 1010. The van der Waals surface area contributed by atoms with E-state index >= 15 is 0 Å². The standard InChI is InChI=1S/C25H39N3O12/c1-23(2,3)40-22(32)28-12-14(34-20-16(12)36-24(4,5)38-20)18(30)26-10-9-11(29)27-13-15(19(31)33-8)35-21-17(13)37-25(6,7)39-21/h12-17,20-21H,9-10H2,1-8H3,(H,26,30)(H,27,29)(H,28,32)/t12-,13+,14+,15+,16-,17-,20-,21-/m1/s1. The molecule has 4 fully saturated rings. The van der Waals surface area contributed by atoms with Crippen LogP contribution in [-0.4, -0.2) is 104 Å². The molecule has 4 heterocycles. The molecule has 4 saturated heterocycles. The first-order valence-corrected chi connectivity index (χ1v) is 13.2. The SMILES string of the molecule is COC(=O)[C@H]1O[C@@H]2OC(C)(C)O[C@@H]2[C@H]1NC(=O)CCNC(=O)[C@H]1O[C@@H]2OC(C)(C)O[C@@H]2[C@@H]1NC(=O)OC(C)(C)C. The fourth-order valence-electron chi connectivity index (χ4n) is 4.97. The summed E-state index contributed by atoms with van der Waals surface area (Å²) in [6.45, 7) is 11.8. The van der Waals surface area contributed by atoms with Crippen molar-refractivity contribution in [3.05, 3.63) is 0 Å². The van der Waals surface area contributed by atoms with Crippen molar-refractivity contribution in [1.82, 2.24) is 16.0 Å². The Morgan fingerprint density at radius 2 is 1.32 bits per heavy atom. The largest absolute Gasteiger partial charge is 0.467 e. The van der Waals surface area contributed by atoms with Crippen molar-refractivity contribution < 1.29 is 57.1 Å². The monoisotopic (exact) mass is 573 g/mol. The van der Waals surface area contributed by atoms with Crippen molar-refractivity contribution >= 4 is 23.9 Å². The second kappa shape index (κ2) is 11.0. The molecular weight excluding hydrogens is 534 g/mol. The summed E-state index contributed by atoms with van der Waals surface area (Å²) in [5.74, 6) is -3.67. The van der Waals surface area contributed by atoms with Gasteiger partial charge in [0.1, 0.15) is 17.8 Å². The molecule has 0 spiro atoms. The predicted octanol–water partition coefficient (Wildman–Crippen LogP) is -0.203. The molecule has 0 radical (unpaired) electrons. The summed E-state index contributed by atoms with van der Waals surface area (Å²) in [7, 11) is 1.21. The van der Waals surface area contributed by atoms with E-state index in [2.05, 4.69) is 16.0 Å². The zero-order chi connectivity index (χ0) is 29.6. The van der Waals surface area contributed by atoms with E-state index in [1.165, 1.54) is 7.11 Å². The molecule has 0 unspecified atom stereocenters. The molecule has 3 N–H and O–H groups in total. The van der Waals surface area contributed by atoms with Crippen LogP contribution in [-0.2, 0) is 52.3 Å². The minimum atomic E-state index is -1.17. The number of hydrogen-bond donors (Lipinski definition) is 3. The quantitative estimate of drug-likeness (QED) is 0.342. The third-order valence-electron chi connectivity index (χ3n) is 6.45. The van der Waals surface area contributed by atoms with Gasteiger partial charge in [-0.05, 0) is 48.5 Å². The molecule has 15 heteroatoms. The molecule has 0 bridgehead atoms. The van der Waals surface area contributed by atoms with E-state index in [0.717, 1.165) is 0 Å². The first kappa shape index (κ1) is 30.4. The number of alkyl carbamates (subject to hydrolysis) is 1. The molecular formula is C25H39N3O12. The van der Waals surface area contributed by atoms with E-state index in [1.807, 2.05) is 0 Å². The molecule has 0 aliphatic carbocycles. The lowest BCUT2D eigenvalue weighted by atomic mass is 10.1. The first-order chi connectivity index (χ1) is 18.5. The Labute approximate surface area is 232 Å². The molecule has 4 aliphatic rings. The smallest absolute Gasteiger partial charge is 0.408 e. The number of rotatable bonds is 7. The molecule has 226 valence electrons. The van der Waals surface area contributed by atoms with Gasteiger partial charge in [-0.15, -0.1) is 0 Å². The molecule has 15 nitrogen and oxygen atoms in total. The number of hydrogen-bond acceptors (Lipinski definition) is 12. The molecule has 4 rings (SSSR count). The molecule has 0 aromatic carbocycles. The van der Waals surface area contributed by atoms with Crippen LogP contribution in [0.3, 0.4) is 0 Å². The van der Waals surface area contributed by atoms with Crippen LogP contribution in [0.15, 0.2) is 0 Å². The van der Waals surface area contributed by atoms with Crippen LogP contribution in [0.2, 0.25) is 0 Å². The van der Waals surface area contributed by atoms with Crippen molar-refractivity contribution in [1.29, 1.82) is 0 Å². The summed E-state index contributed by atoms with van der Waals surface area (Å²) >= 11 is 0. The fraction of sp³-hybridized carbons (Fsp3) is 0.840. The zero-order valence-corrected chi connectivity index (χ0v) is 23.9. The number of esters is 1. The minimum absolute atomic E-state index is 0.0698. The molecule has 40 heavy (non-hydrogen) atoms. The number of nitrogens with one attached hydrogen (secondary N) is 3. The lowest BCUT2D eigenvalue weighted by Crippen LogP contribution is -2.54. The van der Waals surface area contributed by atoms with Crippen molar-refractivity contribution in [2.24, 2.45) is 0 Å². The Hall–Kier alpha value is -2.56. The van der Waals surface area contributed by atoms with Gasteiger partial charge in [0.05, 0.1) is 19.2 Å². The first-order valence-electron chi connectivity index (χ1n) is 13.2.